The van der Waals surface area contributed by atoms with E-state index in [2.05, 4.69) is 5.32 Å². The van der Waals surface area contributed by atoms with E-state index in [9.17, 15) is 14.4 Å². The molecule has 2 aromatic rings. The molecule has 24 heavy (non-hydrogen) atoms. The summed E-state index contributed by atoms with van der Waals surface area (Å²) in [6.45, 7) is -0.254. The lowest BCUT2D eigenvalue weighted by Crippen LogP contribution is -2.42. The van der Waals surface area contributed by atoms with Crippen LogP contribution in [0.1, 0.15) is 16.5 Å². The van der Waals surface area contributed by atoms with Crippen molar-refractivity contribution in [3.63, 3.8) is 0 Å². The van der Waals surface area contributed by atoms with E-state index >= 15 is 0 Å². The number of rotatable bonds is 5. The zero-order valence-corrected chi connectivity index (χ0v) is 14.0. The SMILES string of the molecule is CN1CC(=O)N(CC(=O)N[C@@H](c2ccccc2)c2cccs2)C1=O. The van der Waals surface area contributed by atoms with Gasteiger partial charge in [-0.1, -0.05) is 36.4 Å². The van der Waals surface area contributed by atoms with Gasteiger partial charge in [0.25, 0.3) is 5.91 Å². The van der Waals surface area contributed by atoms with Crippen LogP contribution in [0.3, 0.4) is 0 Å². The van der Waals surface area contributed by atoms with Crippen molar-refractivity contribution < 1.29 is 14.4 Å². The summed E-state index contributed by atoms with van der Waals surface area (Å²) < 4.78 is 0. The molecule has 0 saturated carbocycles. The number of thiophene rings is 1. The lowest BCUT2D eigenvalue weighted by molar-refractivity contribution is -0.130. The number of carbonyl (C=O) groups is 3. The molecule has 1 fully saturated rings. The molecule has 1 aromatic carbocycles. The Labute approximate surface area is 143 Å². The van der Waals surface area contributed by atoms with Crippen LogP contribution in [0.5, 0.6) is 0 Å². The standard InChI is InChI=1S/C17H17N3O3S/c1-19-11-15(22)20(17(19)23)10-14(21)18-16(13-8-5-9-24-13)12-6-3-2-4-7-12/h2-9,16H,10-11H2,1H3,(H,18,21)/t16-/m0/s1. The third-order valence-electron chi connectivity index (χ3n) is 3.80. The van der Waals surface area contributed by atoms with Crippen LogP contribution in [0, 0.1) is 0 Å². The predicted octanol–water partition coefficient (Wildman–Crippen LogP) is 1.85. The van der Waals surface area contributed by atoms with Crippen molar-refractivity contribution in [2.75, 3.05) is 20.1 Å². The number of benzene rings is 1. The van der Waals surface area contributed by atoms with Crippen LogP contribution < -0.4 is 5.32 Å². The number of nitrogens with zero attached hydrogens (tertiary/aromatic N) is 2. The molecule has 0 unspecified atom stereocenters. The Morgan fingerprint density at radius 1 is 1.21 bits per heavy atom. The first-order valence-corrected chi connectivity index (χ1v) is 8.37. The summed E-state index contributed by atoms with van der Waals surface area (Å²) in [4.78, 5) is 39.4. The zero-order chi connectivity index (χ0) is 17.1. The number of amides is 4. The molecule has 0 radical (unpaired) electrons. The maximum atomic E-state index is 12.4. The van der Waals surface area contributed by atoms with Crippen molar-refractivity contribution >= 4 is 29.2 Å². The van der Waals surface area contributed by atoms with E-state index in [-0.39, 0.29) is 30.9 Å². The third-order valence-corrected chi connectivity index (χ3v) is 4.74. The summed E-state index contributed by atoms with van der Waals surface area (Å²) in [7, 11) is 1.54. The van der Waals surface area contributed by atoms with Crippen LogP contribution in [-0.2, 0) is 9.59 Å². The molecule has 1 aromatic heterocycles. The second kappa shape index (κ2) is 6.84. The molecule has 6 nitrogen and oxygen atoms in total. The van der Waals surface area contributed by atoms with Gasteiger partial charge in [0.15, 0.2) is 0 Å². The van der Waals surface area contributed by atoms with E-state index in [0.717, 1.165) is 15.3 Å². The molecule has 7 heteroatoms. The van der Waals surface area contributed by atoms with Gasteiger partial charge >= 0.3 is 6.03 Å². The van der Waals surface area contributed by atoms with E-state index in [1.165, 1.54) is 11.9 Å². The molecule has 1 aliphatic rings. The molecule has 1 aliphatic heterocycles. The van der Waals surface area contributed by atoms with Crippen molar-refractivity contribution in [1.82, 2.24) is 15.1 Å². The molecule has 0 aliphatic carbocycles. The summed E-state index contributed by atoms with van der Waals surface area (Å²) in [6.07, 6.45) is 0. The first-order valence-electron chi connectivity index (χ1n) is 7.49. The number of likely N-dealkylation sites (N-methyl/N-ethyl adjacent to an activating group) is 1. The smallest absolute Gasteiger partial charge is 0.327 e. The van der Waals surface area contributed by atoms with Crippen molar-refractivity contribution in [3.8, 4) is 0 Å². The highest BCUT2D eigenvalue weighted by Gasteiger charge is 2.35. The Morgan fingerprint density at radius 3 is 2.54 bits per heavy atom. The number of hydrogen-bond acceptors (Lipinski definition) is 4. The van der Waals surface area contributed by atoms with Gasteiger partial charge in [-0.15, -0.1) is 11.3 Å². The molecule has 3 rings (SSSR count). The zero-order valence-electron chi connectivity index (χ0n) is 13.1. The van der Waals surface area contributed by atoms with Crippen molar-refractivity contribution in [2.24, 2.45) is 0 Å². The van der Waals surface area contributed by atoms with E-state index in [0.29, 0.717) is 0 Å². The Kier molecular flexibility index (Phi) is 4.61. The fourth-order valence-corrected chi connectivity index (χ4v) is 3.40. The molecule has 1 N–H and O–H groups in total. The molecule has 0 spiro atoms. The number of carbonyl (C=O) groups excluding carboxylic acids is 3. The first kappa shape index (κ1) is 16.2. The normalized spacial score (nSPS) is 15.7. The maximum absolute atomic E-state index is 12.4. The van der Waals surface area contributed by atoms with E-state index in [4.69, 9.17) is 0 Å². The van der Waals surface area contributed by atoms with Crippen LogP contribution in [0.2, 0.25) is 0 Å². The topological polar surface area (TPSA) is 69.7 Å². The van der Waals surface area contributed by atoms with Crippen molar-refractivity contribution in [2.45, 2.75) is 6.04 Å². The van der Waals surface area contributed by atoms with E-state index < -0.39 is 6.03 Å². The molecular weight excluding hydrogens is 326 g/mol. The van der Waals surface area contributed by atoms with E-state index in [1.807, 2.05) is 47.8 Å². The number of urea groups is 1. The van der Waals surface area contributed by atoms with Gasteiger partial charge in [-0.3, -0.25) is 14.5 Å². The molecule has 124 valence electrons. The van der Waals surface area contributed by atoms with Gasteiger partial charge in [0, 0.05) is 11.9 Å². The van der Waals surface area contributed by atoms with Crippen LogP contribution in [0.15, 0.2) is 47.8 Å². The van der Waals surface area contributed by atoms with Gasteiger partial charge in [0.05, 0.1) is 6.04 Å². The average molecular weight is 343 g/mol. The Balaban J connectivity index is 1.75. The highest BCUT2D eigenvalue weighted by Crippen LogP contribution is 2.25. The second-order valence-corrected chi connectivity index (χ2v) is 6.52. The van der Waals surface area contributed by atoms with E-state index in [1.54, 1.807) is 11.3 Å². The van der Waals surface area contributed by atoms with Gasteiger partial charge in [-0.25, -0.2) is 4.79 Å². The highest BCUT2D eigenvalue weighted by molar-refractivity contribution is 7.10. The summed E-state index contributed by atoms with van der Waals surface area (Å²) in [5, 5.41) is 4.87. The monoisotopic (exact) mass is 343 g/mol. The third kappa shape index (κ3) is 3.30. The Hall–Kier alpha value is -2.67. The van der Waals surface area contributed by atoms with Gasteiger partial charge in [0.2, 0.25) is 5.91 Å². The van der Waals surface area contributed by atoms with Gasteiger partial charge in [0.1, 0.15) is 13.1 Å². The minimum Gasteiger partial charge on any atom is -0.343 e. The summed E-state index contributed by atoms with van der Waals surface area (Å²) in [5.74, 6) is -0.723. The van der Waals surface area contributed by atoms with Crippen LogP contribution in [-0.4, -0.2) is 47.8 Å². The van der Waals surface area contributed by atoms with Gasteiger partial charge in [-0.2, -0.15) is 0 Å². The summed E-state index contributed by atoms with van der Waals surface area (Å²) in [5.41, 5.74) is 0.949. The molecule has 4 amide bonds. The Morgan fingerprint density at radius 2 is 1.96 bits per heavy atom. The number of hydrogen-bond donors (Lipinski definition) is 1. The maximum Gasteiger partial charge on any atom is 0.327 e. The van der Waals surface area contributed by atoms with Crippen molar-refractivity contribution in [3.05, 3.63) is 58.3 Å². The average Bonchev–Trinajstić information content (AvgIpc) is 3.18. The molecule has 1 saturated heterocycles. The minimum atomic E-state index is -0.442. The minimum absolute atomic E-state index is 0.0130. The van der Waals surface area contributed by atoms with Crippen LogP contribution in [0.25, 0.3) is 0 Å². The molecule has 2 heterocycles. The van der Waals surface area contributed by atoms with Crippen LogP contribution in [0.4, 0.5) is 4.79 Å². The Bertz CT molecular complexity index is 746. The number of nitrogens with one attached hydrogen (secondary N) is 1. The summed E-state index contributed by atoms with van der Waals surface area (Å²) >= 11 is 1.54. The number of imide groups is 1. The van der Waals surface area contributed by atoms with Crippen LogP contribution >= 0.6 is 11.3 Å². The fraction of sp³-hybridized carbons (Fsp3) is 0.235. The van der Waals surface area contributed by atoms with Gasteiger partial charge < -0.3 is 10.2 Å². The fourth-order valence-electron chi connectivity index (χ4n) is 2.59. The highest BCUT2D eigenvalue weighted by atomic mass is 32.1. The van der Waals surface area contributed by atoms with Gasteiger partial charge in [-0.05, 0) is 17.0 Å². The second-order valence-electron chi connectivity index (χ2n) is 5.55. The summed E-state index contributed by atoms with van der Waals surface area (Å²) in [6, 6.07) is 12.7. The predicted molar refractivity (Wildman–Crippen MR) is 90.5 cm³/mol. The quantitative estimate of drug-likeness (QED) is 0.843. The molecule has 1 atom stereocenters. The van der Waals surface area contributed by atoms with Crippen molar-refractivity contribution in [1.29, 1.82) is 0 Å². The molecular formula is C17H17N3O3S. The first-order chi connectivity index (χ1) is 11.6. The lowest BCUT2D eigenvalue weighted by Gasteiger charge is -2.20. The lowest BCUT2D eigenvalue weighted by atomic mass is 10.1. The molecule has 0 bridgehead atoms. The largest absolute Gasteiger partial charge is 0.343 e.